The number of hydrogen-bond donors (Lipinski definition) is 0. The van der Waals surface area contributed by atoms with Crippen molar-refractivity contribution >= 4 is 34.0 Å². The first-order chi connectivity index (χ1) is 13.1. The lowest BCUT2D eigenvalue weighted by atomic mass is 10.0. The number of aromatic nitrogens is 2. The van der Waals surface area contributed by atoms with E-state index in [1.807, 2.05) is 37.3 Å². The molecule has 4 rings (SSSR count). The standard InChI is InChI=1S/C20H20N2O3S2/c1-13(26-15-7-3-2-4-8-15)19(24)25-12-14-11-18(23)22-16-9-5-6-10-17(16)27-20(22)21-14/h2-4,7-8,11,13H,5-6,9-10,12H2,1H3/t13-/m1/s1. The molecule has 0 amide bonds. The van der Waals surface area contributed by atoms with E-state index in [0.717, 1.165) is 36.3 Å². The summed E-state index contributed by atoms with van der Waals surface area (Å²) in [6, 6.07) is 11.2. The van der Waals surface area contributed by atoms with Gasteiger partial charge < -0.3 is 4.74 Å². The molecule has 0 saturated heterocycles. The van der Waals surface area contributed by atoms with Crippen LogP contribution in [0.5, 0.6) is 0 Å². The van der Waals surface area contributed by atoms with E-state index in [-0.39, 0.29) is 23.4 Å². The normalized spacial score (nSPS) is 14.7. The molecule has 0 aliphatic heterocycles. The van der Waals surface area contributed by atoms with Crippen LogP contribution in [0.1, 0.15) is 36.0 Å². The van der Waals surface area contributed by atoms with E-state index < -0.39 is 0 Å². The van der Waals surface area contributed by atoms with Crippen LogP contribution in [0.25, 0.3) is 4.96 Å². The minimum atomic E-state index is -0.328. The fraction of sp³-hybridized carbons (Fsp3) is 0.350. The highest BCUT2D eigenvalue weighted by molar-refractivity contribution is 8.00. The third-order valence-electron chi connectivity index (χ3n) is 4.57. The molecule has 0 radical (unpaired) electrons. The van der Waals surface area contributed by atoms with E-state index in [1.165, 1.54) is 22.7 Å². The lowest BCUT2D eigenvalue weighted by Crippen LogP contribution is -2.20. The van der Waals surface area contributed by atoms with Gasteiger partial charge in [0.15, 0.2) is 4.96 Å². The molecule has 2 heterocycles. The lowest BCUT2D eigenvalue weighted by molar-refractivity contribution is -0.144. The van der Waals surface area contributed by atoms with Crippen molar-refractivity contribution in [1.29, 1.82) is 0 Å². The van der Waals surface area contributed by atoms with Crippen molar-refractivity contribution < 1.29 is 9.53 Å². The second kappa shape index (κ2) is 7.86. The zero-order valence-corrected chi connectivity index (χ0v) is 16.6. The molecule has 0 bridgehead atoms. The lowest BCUT2D eigenvalue weighted by Gasteiger charge is -2.11. The number of thioether (sulfide) groups is 1. The van der Waals surface area contributed by atoms with Crippen molar-refractivity contribution in [1.82, 2.24) is 9.38 Å². The summed E-state index contributed by atoms with van der Waals surface area (Å²) in [6.45, 7) is 1.84. The fourth-order valence-electron chi connectivity index (χ4n) is 3.23. The Hall–Kier alpha value is -2.12. The van der Waals surface area contributed by atoms with E-state index in [0.29, 0.717) is 10.7 Å². The first kappa shape index (κ1) is 18.3. The highest BCUT2D eigenvalue weighted by Crippen LogP contribution is 2.28. The fourth-order valence-corrected chi connectivity index (χ4v) is 5.35. The molecular weight excluding hydrogens is 380 g/mol. The number of carbonyl (C=O) groups excluding carboxylic acids is 1. The maximum atomic E-state index is 12.5. The third-order valence-corrected chi connectivity index (χ3v) is 6.80. The van der Waals surface area contributed by atoms with E-state index in [4.69, 9.17) is 4.74 Å². The minimum Gasteiger partial charge on any atom is -0.458 e. The summed E-state index contributed by atoms with van der Waals surface area (Å²) in [5.74, 6) is -0.309. The summed E-state index contributed by atoms with van der Waals surface area (Å²) >= 11 is 3.03. The monoisotopic (exact) mass is 400 g/mol. The largest absolute Gasteiger partial charge is 0.458 e. The van der Waals surface area contributed by atoms with Gasteiger partial charge in [0.1, 0.15) is 11.9 Å². The summed E-state index contributed by atoms with van der Waals surface area (Å²) in [4.78, 5) is 32.3. The number of carbonyl (C=O) groups is 1. The average molecular weight is 401 g/mol. The number of thiazole rings is 1. The molecule has 140 valence electrons. The molecule has 27 heavy (non-hydrogen) atoms. The van der Waals surface area contributed by atoms with Crippen molar-refractivity contribution in [3.63, 3.8) is 0 Å². The van der Waals surface area contributed by atoms with Gasteiger partial charge in [-0.3, -0.25) is 14.0 Å². The number of fused-ring (bicyclic) bond motifs is 3. The molecule has 0 saturated carbocycles. The van der Waals surface area contributed by atoms with Gasteiger partial charge in [0.05, 0.1) is 5.69 Å². The number of esters is 1. The van der Waals surface area contributed by atoms with Gasteiger partial charge in [-0.15, -0.1) is 23.1 Å². The number of hydrogen-bond acceptors (Lipinski definition) is 6. The minimum absolute atomic E-state index is 0.0207. The van der Waals surface area contributed by atoms with Crippen molar-refractivity contribution in [3.8, 4) is 0 Å². The van der Waals surface area contributed by atoms with Gasteiger partial charge in [-0.1, -0.05) is 18.2 Å². The molecule has 2 aromatic heterocycles. The molecule has 0 fully saturated rings. The van der Waals surface area contributed by atoms with Gasteiger partial charge in [0, 0.05) is 21.5 Å². The number of benzene rings is 1. The van der Waals surface area contributed by atoms with Gasteiger partial charge in [0.2, 0.25) is 0 Å². The van der Waals surface area contributed by atoms with Crippen LogP contribution in [0.2, 0.25) is 0 Å². The molecule has 5 nitrogen and oxygen atoms in total. The molecule has 1 aromatic carbocycles. The number of rotatable bonds is 5. The number of ether oxygens (including phenoxy) is 1. The third kappa shape index (κ3) is 3.94. The summed E-state index contributed by atoms with van der Waals surface area (Å²) in [6.07, 6.45) is 4.22. The van der Waals surface area contributed by atoms with Crippen LogP contribution in [0.3, 0.4) is 0 Å². The van der Waals surface area contributed by atoms with Gasteiger partial charge in [0.25, 0.3) is 5.56 Å². The van der Waals surface area contributed by atoms with E-state index >= 15 is 0 Å². The van der Waals surface area contributed by atoms with E-state index in [2.05, 4.69) is 4.98 Å². The van der Waals surface area contributed by atoms with E-state index in [9.17, 15) is 9.59 Å². The maximum absolute atomic E-state index is 12.5. The van der Waals surface area contributed by atoms with Gasteiger partial charge >= 0.3 is 5.97 Å². The zero-order valence-electron chi connectivity index (χ0n) is 15.0. The Balaban J connectivity index is 1.46. The van der Waals surface area contributed by atoms with Crippen LogP contribution in [0.4, 0.5) is 0 Å². The van der Waals surface area contributed by atoms with Crippen LogP contribution < -0.4 is 5.56 Å². The summed E-state index contributed by atoms with van der Waals surface area (Å²) < 4.78 is 7.12. The Morgan fingerprint density at radius 3 is 2.89 bits per heavy atom. The highest BCUT2D eigenvalue weighted by Gasteiger charge is 2.20. The highest BCUT2D eigenvalue weighted by atomic mass is 32.2. The maximum Gasteiger partial charge on any atom is 0.319 e. The Kier molecular flexibility index (Phi) is 5.31. The second-order valence-corrected chi connectivity index (χ2v) is 9.04. The van der Waals surface area contributed by atoms with Crippen LogP contribution in [-0.2, 0) is 29.0 Å². The van der Waals surface area contributed by atoms with Gasteiger partial charge in [-0.2, -0.15) is 0 Å². The molecular formula is C20H20N2O3S2. The quantitative estimate of drug-likeness (QED) is 0.481. The molecule has 3 aromatic rings. The van der Waals surface area contributed by atoms with Crippen LogP contribution in [-0.4, -0.2) is 20.6 Å². The number of aryl methyl sites for hydroxylation is 2. The van der Waals surface area contributed by atoms with Crippen molar-refractivity contribution in [2.45, 2.75) is 49.4 Å². The summed E-state index contributed by atoms with van der Waals surface area (Å²) in [5.41, 5.74) is 1.52. The molecule has 1 aliphatic rings. The van der Waals surface area contributed by atoms with E-state index in [1.54, 1.807) is 15.7 Å². The molecule has 1 aliphatic carbocycles. The predicted molar refractivity (Wildman–Crippen MR) is 108 cm³/mol. The van der Waals surface area contributed by atoms with Crippen LogP contribution in [0, 0.1) is 0 Å². The topological polar surface area (TPSA) is 60.7 Å². The van der Waals surface area contributed by atoms with Crippen LogP contribution in [0.15, 0.2) is 46.1 Å². The number of nitrogens with zero attached hydrogens (tertiary/aromatic N) is 2. The van der Waals surface area contributed by atoms with Crippen LogP contribution >= 0.6 is 23.1 Å². The first-order valence-corrected chi connectivity index (χ1v) is 10.7. The Morgan fingerprint density at radius 1 is 1.30 bits per heavy atom. The molecule has 1 atom stereocenters. The van der Waals surface area contributed by atoms with Gasteiger partial charge in [-0.25, -0.2) is 4.98 Å². The Labute approximate surface area is 165 Å². The SMILES string of the molecule is C[C@@H](Sc1ccccc1)C(=O)OCc1cc(=O)n2c3c(sc2n1)CCCC3. The Bertz CT molecular complexity index is 1030. The van der Waals surface area contributed by atoms with Gasteiger partial charge in [-0.05, 0) is 44.7 Å². The van der Waals surface area contributed by atoms with Crippen molar-refractivity contribution in [2.24, 2.45) is 0 Å². The Morgan fingerprint density at radius 2 is 2.07 bits per heavy atom. The molecule has 0 unspecified atom stereocenters. The first-order valence-electron chi connectivity index (χ1n) is 9.03. The summed E-state index contributed by atoms with van der Waals surface area (Å²) in [7, 11) is 0. The average Bonchev–Trinajstić information content (AvgIpc) is 3.05. The zero-order chi connectivity index (χ0) is 18.8. The van der Waals surface area contributed by atoms with Crippen molar-refractivity contribution in [3.05, 3.63) is 63.0 Å². The molecule has 7 heteroatoms. The molecule has 0 N–H and O–H groups in total. The van der Waals surface area contributed by atoms with Crippen molar-refractivity contribution in [2.75, 3.05) is 0 Å². The molecule has 0 spiro atoms. The predicted octanol–water partition coefficient (Wildman–Crippen LogP) is 3.86. The summed E-state index contributed by atoms with van der Waals surface area (Å²) in [5, 5.41) is -0.328. The second-order valence-electron chi connectivity index (χ2n) is 6.56. The smallest absolute Gasteiger partial charge is 0.319 e.